The highest BCUT2D eigenvalue weighted by atomic mass is 16.5. The van der Waals surface area contributed by atoms with E-state index >= 15 is 0 Å². The molecule has 0 spiro atoms. The molecule has 0 aliphatic rings. The number of carbonyl (C=O) groups is 2. The molecule has 0 radical (unpaired) electrons. The summed E-state index contributed by atoms with van der Waals surface area (Å²) in [6, 6.07) is 15.3. The predicted molar refractivity (Wildman–Crippen MR) is 82.8 cm³/mol. The molecule has 0 aliphatic heterocycles. The molecule has 112 valence electrons. The van der Waals surface area contributed by atoms with Crippen LogP contribution in [0.25, 0.3) is 0 Å². The molecule has 0 fully saturated rings. The lowest BCUT2D eigenvalue weighted by atomic mass is 10.1. The molecule has 4 nitrogen and oxygen atoms in total. The lowest BCUT2D eigenvalue weighted by Gasteiger charge is -2.17. The monoisotopic (exact) mass is 296 g/mol. The van der Waals surface area contributed by atoms with E-state index in [0.717, 1.165) is 5.56 Å². The van der Waals surface area contributed by atoms with E-state index in [4.69, 9.17) is 9.84 Å². The molecule has 0 saturated carbocycles. The van der Waals surface area contributed by atoms with Crippen molar-refractivity contribution in [2.75, 3.05) is 0 Å². The summed E-state index contributed by atoms with van der Waals surface area (Å²) in [6.07, 6.45) is 1.62. The highest BCUT2D eigenvalue weighted by Crippen LogP contribution is 2.23. The Balaban J connectivity index is 2.26. The van der Waals surface area contributed by atoms with Crippen LogP contribution in [0.1, 0.15) is 38.8 Å². The Hall–Kier alpha value is -2.88. The molecule has 0 aliphatic carbocycles. The van der Waals surface area contributed by atoms with Gasteiger partial charge >= 0.3 is 11.9 Å². The Morgan fingerprint density at radius 3 is 2.23 bits per heavy atom. The Labute approximate surface area is 128 Å². The van der Waals surface area contributed by atoms with Crippen molar-refractivity contribution < 1.29 is 19.4 Å². The lowest BCUT2D eigenvalue weighted by molar-refractivity contribution is 0.0298. The maximum Gasteiger partial charge on any atom is 0.339 e. The number of carboxylic acids is 1. The number of benzene rings is 2. The van der Waals surface area contributed by atoms with Crippen LogP contribution >= 0.6 is 0 Å². The lowest BCUT2D eigenvalue weighted by Crippen LogP contribution is -2.15. The third kappa shape index (κ3) is 3.61. The average molecular weight is 296 g/mol. The van der Waals surface area contributed by atoms with E-state index in [1.54, 1.807) is 18.2 Å². The van der Waals surface area contributed by atoms with Crippen molar-refractivity contribution in [2.24, 2.45) is 0 Å². The van der Waals surface area contributed by atoms with E-state index in [0.29, 0.717) is 6.42 Å². The molecule has 0 bridgehead atoms. The zero-order valence-electron chi connectivity index (χ0n) is 11.9. The average Bonchev–Trinajstić information content (AvgIpc) is 2.55. The van der Waals surface area contributed by atoms with Gasteiger partial charge in [0, 0.05) is 6.42 Å². The molecular formula is C18H16O4. The summed E-state index contributed by atoms with van der Waals surface area (Å²) >= 11 is 0. The van der Waals surface area contributed by atoms with Gasteiger partial charge < -0.3 is 9.84 Å². The highest BCUT2D eigenvalue weighted by molar-refractivity contribution is 6.02. The van der Waals surface area contributed by atoms with Gasteiger partial charge in [-0.3, -0.25) is 0 Å². The SMILES string of the molecule is C=CCC(OC(=O)c1ccccc1C(=O)O)c1ccccc1. The van der Waals surface area contributed by atoms with Gasteiger partial charge in [-0.15, -0.1) is 6.58 Å². The van der Waals surface area contributed by atoms with Crippen LogP contribution < -0.4 is 0 Å². The first-order chi connectivity index (χ1) is 10.6. The topological polar surface area (TPSA) is 63.6 Å². The van der Waals surface area contributed by atoms with Crippen LogP contribution in [-0.2, 0) is 4.74 Å². The van der Waals surface area contributed by atoms with E-state index in [2.05, 4.69) is 6.58 Å². The molecule has 0 amide bonds. The molecule has 2 aromatic rings. The van der Waals surface area contributed by atoms with E-state index in [1.165, 1.54) is 12.1 Å². The maximum absolute atomic E-state index is 12.3. The maximum atomic E-state index is 12.3. The molecule has 1 unspecified atom stereocenters. The third-order valence-electron chi connectivity index (χ3n) is 3.18. The molecule has 1 atom stereocenters. The molecule has 0 heterocycles. The quantitative estimate of drug-likeness (QED) is 0.649. The van der Waals surface area contributed by atoms with Crippen LogP contribution in [0.2, 0.25) is 0 Å². The van der Waals surface area contributed by atoms with Crippen molar-refractivity contribution in [3.8, 4) is 0 Å². The van der Waals surface area contributed by atoms with Crippen LogP contribution in [0.15, 0.2) is 67.3 Å². The summed E-state index contributed by atoms with van der Waals surface area (Å²) in [7, 11) is 0. The summed E-state index contributed by atoms with van der Waals surface area (Å²) in [4.78, 5) is 23.5. The first-order valence-corrected chi connectivity index (χ1v) is 6.82. The van der Waals surface area contributed by atoms with Crippen molar-refractivity contribution in [3.63, 3.8) is 0 Å². The summed E-state index contributed by atoms with van der Waals surface area (Å²) in [5.74, 6) is -1.82. The van der Waals surface area contributed by atoms with Crippen molar-refractivity contribution in [1.82, 2.24) is 0 Å². The molecule has 0 saturated heterocycles. The smallest absolute Gasteiger partial charge is 0.339 e. The van der Waals surface area contributed by atoms with Crippen LogP contribution in [0, 0.1) is 0 Å². The number of aromatic carboxylic acids is 1. The first-order valence-electron chi connectivity index (χ1n) is 6.82. The molecular weight excluding hydrogens is 280 g/mol. The van der Waals surface area contributed by atoms with Gasteiger partial charge in [0.1, 0.15) is 6.10 Å². The zero-order valence-corrected chi connectivity index (χ0v) is 11.9. The zero-order chi connectivity index (χ0) is 15.9. The van der Waals surface area contributed by atoms with E-state index < -0.39 is 18.0 Å². The second kappa shape index (κ2) is 7.22. The Morgan fingerprint density at radius 2 is 1.64 bits per heavy atom. The number of carbonyl (C=O) groups excluding carboxylic acids is 1. The van der Waals surface area contributed by atoms with Crippen molar-refractivity contribution >= 4 is 11.9 Å². The second-order valence-corrected chi connectivity index (χ2v) is 4.68. The molecule has 22 heavy (non-hydrogen) atoms. The van der Waals surface area contributed by atoms with Crippen LogP contribution in [0.4, 0.5) is 0 Å². The Kier molecular flexibility index (Phi) is 5.09. The normalized spacial score (nSPS) is 11.5. The van der Waals surface area contributed by atoms with E-state index in [1.807, 2.05) is 30.3 Å². The molecule has 0 aromatic heterocycles. The van der Waals surface area contributed by atoms with E-state index in [9.17, 15) is 9.59 Å². The minimum Gasteiger partial charge on any atom is -0.478 e. The molecule has 2 rings (SSSR count). The largest absolute Gasteiger partial charge is 0.478 e. The second-order valence-electron chi connectivity index (χ2n) is 4.68. The summed E-state index contributed by atoms with van der Waals surface area (Å²) < 4.78 is 5.48. The standard InChI is InChI=1S/C18H16O4/c1-2-8-16(13-9-4-3-5-10-13)22-18(21)15-12-7-6-11-14(15)17(19)20/h2-7,9-12,16H,1,8H2,(H,19,20). The highest BCUT2D eigenvalue weighted by Gasteiger charge is 2.21. The predicted octanol–water partition coefficient (Wildman–Crippen LogP) is 3.86. The van der Waals surface area contributed by atoms with Crippen LogP contribution in [0.3, 0.4) is 0 Å². The van der Waals surface area contributed by atoms with Crippen molar-refractivity contribution in [1.29, 1.82) is 0 Å². The number of ether oxygens (including phenoxy) is 1. The number of hydrogen-bond donors (Lipinski definition) is 1. The van der Waals surface area contributed by atoms with Crippen molar-refractivity contribution in [3.05, 3.63) is 83.9 Å². The summed E-state index contributed by atoms with van der Waals surface area (Å²) in [6.45, 7) is 3.67. The van der Waals surface area contributed by atoms with Gasteiger partial charge in [-0.1, -0.05) is 48.5 Å². The number of carboxylic acid groups (broad SMARTS) is 1. The van der Waals surface area contributed by atoms with E-state index in [-0.39, 0.29) is 11.1 Å². The van der Waals surface area contributed by atoms with Crippen LogP contribution in [0.5, 0.6) is 0 Å². The summed E-state index contributed by atoms with van der Waals surface area (Å²) in [5.41, 5.74) is 0.807. The fraction of sp³-hybridized carbons (Fsp3) is 0.111. The minimum atomic E-state index is -1.16. The fourth-order valence-electron chi connectivity index (χ4n) is 2.11. The van der Waals surface area contributed by atoms with Gasteiger partial charge in [0.25, 0.3) is 0 Å². The van der Waals surface area contributed by atoms with Crippen LogP contribution in [-0.4, -0.2) is 17.0 Å². The number of esters is 1. The fourth-order valence-corrected chi connectivity index (χ4v) is 2.11. The van der Waals surface area contributed by atoms with Crippen molar-refractivity contribution in [2.45, 2.75) is 12.5 Å². The van der Waals surface area contributed by atoms with Gasteiger partial charge in [-0.25, -0.2) is 9.59 Å². The molecule has 2 aromatic carbocycles. The van der Waals surface area contributed by atoms with Gasteiger partial charge in [-0.05, 0) is 17.7 Å². The Bertz CT molecular complexity index is 676. The van der Waals surface area contributed by atoms with Gasteiger partial charge in [0.15, 0.2) is 0 Å². The van der Waals surface area contributed by atoms with Gasteiger partial charge in [-0.2, -0.15) is 0 Å². The molecule has 1 N–H and O–H groups in total. The minimum absolute atomic E-state index is 0.0417. The number of hydrogen-bond acceptors (Lipinski definition) is 3. The van der Waals surface area contributed by atoms with Gasteiger partial charge in [0.05, 0.1) is 11.1 Å². The third-order valence-corrected chi connectivity index (χ3v) is 3.18. The first kappa shape index (κ1) is 15.5. The Morgan fingerprint density at radius 1 is 1.05 bits per heavy atom. The van der Waals surface area contributed by atoms with Gasteiger partial charge in [0.2, 0.25) is 0 Å². The molecule has 4 heteroatoms. The summed E-state index contributed by atoms with van der Waals surface area (Å²) in [5, 5.41) is 9.15. The number of rotatable bonds is 6.